The lowest BCUT2D eigenvalue weighted by molar-refractivity contribution is 0.210. The lowest BCUT2D eigenvalue weighted by atomic mass is 9.99. The van der Waals surface area contributed by atoms with Gasteiger partial charge in [0.25, 0.3) is 0 Å². The highest BCUT2D eigenvalue weighted by Crippen LogP contribution is 2.21. The van der Waals surface area contributed by atoms with Gasteiger partial charge < -0.3 is 11.1 Å². The van der Waals surface area contributed by atoms with E-state index in [0.29, 0.717) is 11.5 Å². The van der Waals surface area contributed by atoms with Crippen molar-refractivity contribution in [1.29, 1.82) is 0 Å². The van der Waals surface area contributed by atoms with Crippen molar-refractivity contribution in [2.75, 3.05) is 44.2 Å². The van der Waals surface area contributed by atoms with E-state index < -0.39 is 9.84 Å². The van der Waals surface area contributed by atoms with Crippen LogP contribution in [0.3, 0.4) is 0 Å². The molecule has 2 aliphatic heterocycles. The van der Waals surface area contributed by atoms with E-state index in [9.17, 15) is 8.42 Å². The third-order valence-corrected chi connectivity index (χ3v) is 5.35. The van der Waals surface area contributed by atoms with Crippen molar-refractivity contribution in [3.05, 3.63) is 0 Å². The maximum absolute atomic E-state index is 11.4. The molecule has 2 fully saturated rings. The second-order valence-electron chi connectivity index (χ2n) is 4.88. The number of nitrogens with one attached hydrogen (secondary N) is 1. The number of sulfone groups is 1. The van der Waals surface area contributed by atoms with E-state index >= 15 is 0 Å². The van der Waals surface area contributed by atoms with Crippen LogP contribution in [0.4, 0.5) is 0 Å². The highest BCUT2D eigenvalue weighted by atomic mass is 32.2. The van der Waals surface area contributed by atoms with Crippen LogP contribution in [0.15, 0.2) is 0 Å². The molecule has 2 saturated heterocycles. The molecule has 2 rings (SSSR count). The highest BCUT2D eigenvalue weighted by molar-refractivity contribution is 7.91. The molecule has 3 N–H and O–H groups in total. The van der Waals surface area contributed by atoms with Crippen molar-refractivity contribution in [2.24, 2.45) is 11.7 Å². The van der Waals surface area contributed by atoms with E-state index in [0.717, 1.165) is 39.1 Å². The molecular formula is C10H21N3O2S. The number of piperazine rings is 1. The van der Waals surface area contributed by atoms with Crippen molar-refractivity contribution >= 4 is 9.84 Å². The van der Waals surface area contributed by atoms with Crippen molar-refractivity contribution in [2.45, 2.75) is 12.5 Å². The van der Waals surface area contributed by atoms with Crippen LogP contribution in [0.2, 0.25) is 0 Å². The van der Waals surface area contributed by atoms with Crippen molar-refractivity contribution in [3.63, 3.8) is 0 Å². The molecule has 2 unspecified atom stereocenters. The molecule has 0 aromatic carbocycles. The molecule has 0 radical (unpaired) electrons. The first-order valence-electron chi connectivity index (χ1n) is 5.96. The summed E-state index contributed by atoms with van der Waals surface area (Å²) in [6.45, 7) is 4.90. The fraction of sp³-hybridized carbons (Fsp3) is 1.00. The summed E-state index contributed by atoms with van der Waals surface area (Å²) >= 11 is 0. The Labute approximate surface area is 97.3 Å². The maximum atomic E-state index is 11.4. The summed E-state index contributed by atoms with van der Waals surface area (Å²) < 4.78 is 22.7. The maximum Gasteiger partial charge on any atom is 0.150 e. The van der Waals surface area contributed by atoms with Crippen LogP contribution >= 0.6 is 0 Å². The largest absolute Gasteiger partial charge is 0.326 e. The molecule has 0 aromatic rings. The smallest absolute Gasteiger partial charge is 0.150 e. The van der Waals surface area contributed by atoms with E-state index in [4.69, 9.17) is 5.73 Å². The van der Waals surface area contributed by atoms with Gasteiger partial charge in [-0.25, -0.2) is 8.42 Å². The molecule has 2 aliphatic rings. The number of hydrogen-bond donors (Lipinski definition) is 2. The second kappa shape index (κ2) is 5.00. The molecule has 2 heterocycles. The van der Waals surface area contributed by atoms with Gasteiger partial charge in [-0.3, -0.25) is 4.90 Å². The highest BCUT2D eigenvalue weighted by Gasteiger charge is 2.32. The van der Waals surface area contributed by atoms with Gasteiger partial charge in [0, 0.05) is 38.8 Å². The van der Waals surface area contributed by atoms with Gasteiger partial charge in [0.2, 0.25) is 0 Å². The van der Waals surface area contributed by atoms with Gasteiger partial charge in [-0.05, 0) is 12.3 Å². The van der Waals surface area contributed by atoms with E-state index in [1.165, 1.54) is 0 Å². The molecule has 0 aromatic heterocycles. The number of rotatable bonds is 3. The molecule has 0 bridgehead atoms. The molecule has 5 nitrogen and oxygen atoms in total. The summed E-state index contributed by atoms with van der Waals surface area (Å²) in [4.78, 5) is 2.33. The normalized spacial score (nSPS) is 32.7. The minimum atomic E-state index is -2.79. The Kier molecular flexibility index (Phi) is 3.84. The minimum Gasteiger partial charge on any atom is -0.326 e. The van der Waals surface area contributed by atoms with Crippen LogP contribution in [-0.2, 0) is 9.84 Å². The first-order valence-corrected chi connectivity index (χ1v) is 7.78. The van der Waals surface area contributed by atoms with Crippen LogP contribution in [-0.4, -0.2) is 63.6 Å². The first-order chi connectivity index (χ1) is 7.57. The molecule has 0 saturated carbocycles. The number of nitrogens with two attached hydrogens (primary N) is 1. The molecule has 6 heteroatoms. The standard InChI is InChI=1S/C10H21N3O2S/c11-10(7-13-4-2-12-3-5-13)9-1-6-16(14,15)8-9/h9-10,12H,1-8,11H2. The molecule has 94 valence electrons. The fourth-order valence-corrected chi connectivity index (χ4v) is 4.40. The van der Waals surface area contributed by atoms with Crippen molar-refractivity contribution in [3.8, 4) is 0 Å². The average Bonchev–Trinajstić information content (AvgIpc) is 2.60. The van der Waals surface area contributed by atoms with Crippen molar-refractivity contribution in [1.82, 2.24) is 10.2 Å². The quantitative estimate of drug-likeness (QED) is 0.645. The van der Waals surface area contributed by atoms with Gasteiger partial charge in [-0.2, -0.15) is 0 Å². The van der Waals surface area contributed by atoms with E-state index in [1.54, 1.807) is 0 Å². The van der Waals surface area contributed by atoms with Crippen LogP contribution < -0.4 is 11.1 Å². The molecule has 0 aliphatic carbocycles. The monoisotopic (exact) mass is 247 g/mol. The third kappa shape index (κ3) is 3.16. The predicted molar refractivity (Wildman–Crippen MR) is 64.0 cm³/mol. The molecule has 2 atom stereocenters. The Morgan fingerprint density at radius 2 is 2.06 bits per heavy atom. The van der Waals surface area contributed by atoms with Gasteiger partial charge in [0.1, 0.15) is 0 Å². The lowest BCUT2D eigenvalue weighted by Crippen LogP contribution is -2.50. The summed E-state index contributed by atoms with van der Waals surface area (Å²) in [7, 11) is -2.79. The zero-order chi connectivity index (χ0) is 11.6. The van der Waals surface area contributed by atoms with Gasteiger partial charge in [0.05, 0.1) is 11.5 Å². The summed E-state index contributed by atoms with van der Waals surface area (Å²) in [6.07, 6.45) is 0.746. The summed E-state index contributed by atoms with van der Waals surface area (Å²) in [5.74, 6) is 0.785. The molecule has 0 amide bonds. The fourth-order valence-electron chi connectivity index (χ4n) is 2.50. The number of nitrogens with zero attached hydrogens (tertiary/aromatic N) is 1. The van der Waals surface area contributed by atoms with Gasteiger partial charge >= 0.3 is 0 Å². The molecule has 16 heavy (non-hydrogen) atoms. The zero-order valence-corrected chi connectivity index (χ0v) is 10.4. The van der Waals surface area contributed by atoms with E-state index in [1.807, 2.05) is 0 Å². The van der Waals surface area contributed by atoms with E-state index in [-0.39, 0.29) is 12.0 Å². The van der Waals surface area contributed by atoms with Crippen LogP contribution in [0.1, 0.15) is 6.42 Å². The summed E-state index contributed by atoms with van der Waals surface area (Å²) in [5.41, 5.74) is 6.10. The Bertz CT molecular complexity index is 325. The SMILES string of the molecule is NC(CN1CCNCC1)C1CCS(=O)(=O)C1. The van der Waals surface area contributed by atoms with Crippen LogP contribution in [0, 0.1) is 5.92 Å². The van der Waals surface area contributed by atoms with Crippen molar-refractivity contribution < 1.29 is 8.42 Å². The second-order valence-corrected chi connectivity index (χ2v) is 7.11. The zero-order valence-electron chi connectivity index (χ0n) is 9.56. The number of hydrogen-bond acceptors (Lipinski definition) is 5. The topological polar surface area (TPSA) is 75.4 Å². The first kappa shape index (κ1) is 12.3. The molecular weight excluding hydrogens is 226 g/mol. The lowest BCUT2D eigenvalue weighted by Gasteiger charge is -2.31. The van der Waals surface area contributed by atoms with E-state index in [2.05, 4.69) is 10.2 Å². The van der Waals surface area contributed by atoms with Gasteiger partial charge in [-0.15, -0.1) is 0 Å². The predicted octanol–water partition coefficient (Wildman–Crippen LogP) is -1.35. The van der Waals surface area contributed by atoms with Gasteiger partial charge in [-0.1, -0.05) is 0 Å². The third-order valence-electron chi connectivity index (χ3n) is 3.55. The Balaban J connectivity index is 1.81. The summed E-state index contributed by atoms with van der Waals surface area (Å²) in [5, 5.41) is 3.29. The Morgan fingerprint density at radius 1 is 1.38 bits per heavy atom. The van der Waals surface area contributed by atoms with Crippen LogP contribution in [0.25, 0.3) is 0 Å². The average molecular weight is 247 g/mol. The minimum absolute atomic E-state index is 0.00961. The summed E-state index contributed by atoms with van der Waals surface area (Å²) in [6, 6.07) is 0.00961. The van der Waals surface area contributed by atoms with Crippen LogP contribution in [0.5, 0.6) is 0 Å². The molecule has 0 spiro atoms. The Hall–Kier alpha value is -0.170. The Morgan fingerprint density at radius 3 is 2.62 bits per heavy atom. The van der Waals surface area contributed by atoms with Gasteiger partial charge in [0.15, 0.2) is 9.84 Å².